The fraction of sp³-hybridized carbons (Fsp3) is 0.143. The van der Waals surface area contributed by atoms with Crippen molar-refractivity contribution >= 4 is 27.5 Å². The summed E-state index contributed by atoms with van der Waals surface area (Å²) in [5.41, 5.74) is 0.917. The van der Waals surface area contributed by atoms with Crippen molar-refractivity contribution in [2.45, 2.75) is 0 Å². The smallest absolute Gasteiger partial charge is 0.287 e. The molecule has 0 unspecified atom stereocenters. The second-order valence-corrected chi connectivity index (χ2v) is 6.96. The maximum Gasteiger partial charge on any atom is 0.287 e. The molecule has 0 saturated heterocycles. The Balaban J connectivity index is 1.31. The number of nitrogens with zero attached hydrogens (tertiary/aromatic N) is 1. The third-order valence-electron chi connectivity index (χ3n) is 4.05. The van der Waals surface area contributed by atoms with Gasteiger partial charge in [0.25, 0.3) is 5.91 Å². The molecular weight excluding hydrogens is 376 g/mol. The van der Waals surface area contributed by atoms with Crippen LogP contribution in [0.4, 0.5) is 0 Å². The summed E-state index contributed by atoms with van der Waals surface area (Å²) in [5.74, 6) is 2.03. The Morgan fingerprint density at radius 3 is 2.64 bits per heavy atom. The lowest BCUT2D eigenvalue weighted by Gasteiger charge is -2.07. The Labute approximate surface area is 165 Å². The molecule has 7 heteroatoms. The van der Waals surface area contributed by atoms with Crippen molar-refractivity contribution in [3.63, 3.8) is 0 Å². The summed E-state index contributed by atoms with van der Waals surface area (Å²) in [4.78, 5) is 16.8. The molecule has 28 heavy (non-hydrogen) atoms. The number of fused-ring (bicyclic) bond motifs is 1. The number of rotatable bonds is 7. The maximum absolute atomic E-state index is 12.3. The lowest BCUT2D eigenvalue weighted by Crippen LogP contribution is -2.27. The van der Waals surface area contributed by atoms with Gasteiger partial charge in [0, 0.05) is 0 Å². The average molecular weight is 394 g/mol. The number of hydrogen-bond acceptors (Lipinski definition) is 6. The molecule has 2 heterocycles. The van der Waals surface area contributed by atoms with Gasteiger partial charge in [0.1, 0.15) is 18.1 Å². The molecule has 142 valence electrons. The van der Waals surface area contributed by atoms with E-state index in [-0.39, 0.29) is 11.7 Å². The van der Waals surface area contributed by atoms with Crippen LogP contribution in [0.15, 0.2) is 65.1 Å². The summed E-state index contributed by atoms with van der Waals surface area (Å²) in [6.07, 6.45) is 0. The number of amides is 1. The second kappa shape index (κ2) is 8.14. The molecule has 6 nitrogen and oxygen atoms in total. The Hall–Kier alpha value is -3.32. The van der Waals surface area contributed by atoms with E-state index in [2.05, 4.69) is 10.3 Å². The van der Waals surface area contributed by atoms with Crippen LogP contribution in [0.25, 0.3) is 21.0 Å². The Bertz CT molecular complexity index is 1050. The number of thiazole rings is 1. The van der Waals surface area contributed by atoms with E-state index in [4.69, 9.17) is 13.9 Å². The first-order valence-corrected chi connectivity index (χ1v) is 9.55. The van der Waals surface area contributed by atoms with Gasteiger partial charge in [0.2, 0.25) is 0 Å². The molecule has 0 saturated carbocycles. The minimum Gasteiger partial charge on any atom is -0.497 e. The fourth-order valence-electron chi connectivity index (χ4n) is 2.64. The lowest BCUT2D eigenvalue weighted by atomic mass is 10.3. The minimum atomic E-state index is -0.286. The molecule has 0 radical (unpaired) electrons. The highest BCUT2D eigenvalue weighted by atomic mass is 32.1. The molecule has 0 aliphatic carbocycles. The van der Waals surface area contributed by atoms with Crippen LogP contribution in [0.1, 0.15) is 10.6 Å². The first-order chi connectivity index (χ1) is 13.7. The highest BCUT2D eigenvalue weighted by Crippen LogP contribution is 2.31. The van der Waals surface area contributed by atoms with Crippen molar-refractivity contribution in [2.24, 2.45) is 0 Å². The first kappa shape index (κ1) is 18.1. The molecule has 0 bridgehead atoms. The quantitative estimate of drug-likeness (QED) is 0.471. The first-order valence-electron chi connectivity index (χ1n) is 8.74. The van der Waals surface area contributed by atoms with Crippen LogP contribution in [0.3, 0.4) is 0 Å². The second-order valence-electron chi connectivity index (χ2n) is 5.93. The third kappa shape index (κ3) is 3.99. The predicted octanol–water partition coefficient (Wildman–Crippen LogP) is 4.37. The number of carbonyl (C=O) groups is 1. The van der Waals surface area contributed by atoms with Crippen LogP contribution in [0, 0.1) is 0 Å². The maximum atomic E-state index is 12.3. The number of furan rings is 1. The van der Waals surface area contributed by atoms with E-state index in [1.165, 1.54) is 11.3 Å². The van der Waals surface area contributed by atoms with E-state index in [1.54, 1.807) is 19.2 Å². The van der Waals surface area contributed by atoms with Gasteiger partial charge in [-0.2, -0.15) is 0 Å². The monoisotopic (exact) mass is 394 g/mol. The number of benzene rings is 2. The summed E-state index contributed by atoms with van der Waals surface area (Å²) >= 11 is 1.53. The fourth-order valence-corrected chi connectivity index (χ4v) is 3.57. The zero-order chi connectivity index (χ0) is 19.3. The molecule has 0 fully saturated rings. The molecule has 1 N–H and O–H groups in total. The number of carbonyl (C=O) groups excluding carboxylic acids is 1. The Morgan fingerprint density at radius 1 is 1.07 bits per heavy atom. The molecule has 2 aromatic heterocycles. The van der Waals surface area contributed by atoms with Gasteiger partial charge in [-0.05, 0) is 48.5 Å². The van der Waals surface area contributed by atoms with Crippen LogP contribution in [0.5, 0.6) is 11.5 Å². The largest absolute Gasteiger partial charge is 0.497 e. The SMILES string of the molecule is COc1ccc(OCCNC(=O)c2ccc(-c3nc4ccccc4s3)o2)cc1. The van der Waals surface area contributed by atoms with E-state index in [0.717, 1.165) is 21.0 Å². The highest BCUT2D eigenvalue weighted by molar-refractivity contribution is 7.21. The van der Waals surface area contributed by atoms with Crippen LogP contribution >= 0.6 is 11.3 Å². The molecule has 0 atom stereocenters. The molecule has 0 aliphatic rings. The zero-order valence-electron chi connectivity index (χ0n) is 15.2. The predicted molar refractivity (Wildman–Crippen MR) is 108 cm³/mol. The summed E-state index contributed by atoms with van der Waals surface area (Å²) in [5, 5.41) is 3.54. The number of aromatic nitrogens is 1. The van der Waals surface area contributed by atoms with Gasteiger partial charge in [-0.1, -0.05) is 12.1 Å². The zero-order valence-corrected chi connectivity index (χ0v) is 16.0. The topological polar surface area (TPSA) is 73.6 Å². The van der Waals surface area contributed by atoms with E-state index < -0.39 is 0 Å². The van der Waals surface area contributed by atoms with E-state index in [1.807, 2.05) is 48.5 Å². The van der Waals surface area contributed by atoms with Crippen molar-refractivity contribution in [3.8, 4) is 22.3 Å². The van der Waals surface area contributed by atoms with Crippen molar-refractivity contribution in [3.05, 3.63) is 66.4 Å². The lowest BCUT2D eigenvalue weighted by molar-refractivity contribution is 0.0920. The minimum absolute atomic E-state index is 0.249. The van der Waals surface area contributed by atoms with Crippen LogP contribution < -0.4 is 14.8 Å². The number of ether oxygens (including phenoxy) is 2. The Kier molecular flexibility index (Phi) is 5.25. The summed E-state index contributed by atoms with van der Waals surface area (Å²) < 4.78 is 17.5. The summed E-state index contributed by atoms with van der Waals surface area (Å²) in [7, 11) is 1.61. The van der Waals surface area contributed by atoms with Crippen molar-refractivity contribution in [1.82, 2.24) is 10.3 Å². The van der Waals surface area contributed by atoms with Crippen molar-refractivity contribution < 1.29 is 18.7 Å². The van der Waals surface area contributed by atoms with Crippen molar-refractivity contribution in [2.75, 3.05) is 20.3 Å². The van der Waals surface area contributed by atoms with Gasteiger partial charge in [-0.25, -0.2) is 4.98 Å². The van der Waals surface area contributed by atoms with Crippen LogP contribution in [0.2, 0.25) is 0 Å². The van der Waals surface area contributed by atoms with E-state index in [9.17, 15) is 4.79 Å². The molecule has 4 aromatic rings. The van der Waals surface area contributed by atoms with Gasteiger partial charge in [0.05, 0.1) is 23.9 Å². The highest BCUT2D eigenvalue weighted by Gasteiger charge is 2.14. The molecule has 2 aromatic carbocycles. The number of hydrogen-bond donors (Lipinski definition) is 1. The average Bonchev–Trinajstić information content (AvgIpc) is 3.38. The van der Waals surface area contributed by atoms with Crippen LogP contribution in [-0.4, -0.2) is 31.2 Å². The molecule has 4 rings (SSSR count). The standard InChI is InChI=1S/C21H18N2O4S/c1-25-14-6-8-15(9-7-14)26-13-12-22-20(24)17-10-11-18(27-17)21-23-16-4-2-3-5-19(16)28-21/h2-11H,12-13H2,1H3,(H,22,24). The Morgan fingerprint density at radius 2 is 1.86 bits per heavy atom. The summed E-state index contributed by atoms with van der Waals surface area (Å²) in [6.45, 7) is 0.714. The van der Waals surface area contributed by atoms with E-state index >= 15 is 0 Å². The number of nitrogens with one attached hydrogen (secondary N) is 1. The van der Waals surface area contributed by atoms with Gasteiger partial charge >= 0.3 is 0 Å². The summed E-state index contributed by atoms with van der Waals surface area (Å²) in [6, 6.07) is 18.6. The third-order valence-corrected chi connectivity index (χ3v) is 5.10. The molecule has 0 spiro atoms. The van der Waals surface area contributed by atoms with Gasteiger partial charge in [-0.3, -0.25) is 4.79 Å². The van der Waals surface area contributed by atoms with Gasteiger partial charge < -0.3 is 19.2 Å². The van der Waals surface area contributed by atoms with Crippen molar-refractivity contribution in [1.29, 1.82) is 0 Å². The molecular formula is C21H18N2O4S. The normalized spacial score (nSPS) is 10.8. The number of para-hydroxylation sites is 1. The molecule has 1 amide bonds. The van der Waals surface area contributed by atoms with E-state index in [0.29, 0.717) is 24.7 Å². The molecule has 0 aliphatic heterocycles. The number of methoxy groups -OCH3 is 1. The van der Waals surface area contributed by atoms with Gasteiger partial charge in [-0.15, -0.1) is 11.3 Å². The van der Waals surface area contributed by atoms with Gasteiger partial charge in [0.15, 0.2) is 16.5 Å². The van der Waals surface area contributed by atoms with Crippen LogP contribution in [-0.2, 0) is 0 Å².